The third kappa shape index (κ3) is 3.34. The SMILES string of the molecule is CC(C)n1ncnc1COC(=O)Cc1ccccc1N. The van der Waals surface area contributed by atoms with E-state index in [2.05, 4.69) is 10.1 Å². The largest absolute Gasteiger partial charge is 0.457 e. The Bertz CT molecular complexity index is 592. The molecule has 0 fully saturated rings. The fraction of sp³-hybridized carbons (Fsp3) is 0.357. The number of para-hydroxylation sites is 1. The van der Waals surface area contributed by atoms with Crippen LogP contribution < -0.4 is 5.73 Å². The van der Waals surface area contributed by atoms with Crippen LogP contribution in [0.1, 0.15) is 31.3 Å². The van der Waals surface area contributed by atoms with Gasteiger partial charge in [0.25, 0.3) is 0 Å². The second kappa shape index (κ2) is 6.18. The first kappa shape index (κ1) is 14.0. The summed E-state index contributed by atoms with van der Waals surface area (Å²) in [4.78, 5) is 15.9. The number of hydrogen-bond acceptors (Lipinski definition) is 5. The summed E-state index contributed by atoms with van der Waals surface area (Å²) in [5.74, 6) is 0.301. The highest BCUT2D eigenvalue weighted by atomic mass is 16.5. The lowest BCUT2D eigenvalue weighted by Gasteiger charge is -2.10. The molecule has 0 bridgehead atoms. The molecule has 2 aromatic rings. The fourth-order valence-electron chi connectivity index (χ4n) is 1.86. The minimum Gasteiger partial charge on any atom is -0.457 e. The number of nitrogens with zero attached hydrogens (tertiary/aromatic N) is 3. The van der Waals surface area contributed by atoms with Crippen LogP contribution in [0.3, 0.4) is 0 Å². The molecule has 20 heavy (non-hydrogen) atoms. The number of anilines is 1. The molecule has 0 spiro atoms. The average molecular weight is 274 g/mol. The van der Waals surface area contributed by atoms with Crippen molar-refractivity contribution in [3.05, 3.63) is 42.0 Å². The molecule has 1 aromatic carbocycles. The van der Waals surface area contributed by atoms with Crippen molar-refractivity contribution in [1.29, 1.82) is 0 Å². The zero-order valence-electron chi connectivity index (χ0n) is 11.6. The van der Waals surface area contributed by atoms with Crippen LogP contribution in [0.4, 0.5) is 5.69 Å². The van der Waals surface area contributed by atoms with E-state index in [4.69, 9.17) is 10.5 Å². The lowest BCUT2D eigenvalue weighted by Crippen LogP contribution is -2.14. The summed E-state index contributed by atoms with van der Waals surface area (Å²) in [6, 6.07) is 7.42. The summed E-state index contributed by atoms with van der Waals surface area (Å²) < 4.78 is 6.94. The summed E-state index contributed by atoms with van der Waals surface area (Å²) in [5, 5.41) is 4.09. The van der Waals surface area contributed by atoms with Gasteiger partial charge in [0.15, 0.2) is 12.4 Å². The number of aromatic nitrogens is 3. The number of rotatable bonds is 5. The molecular weight excluding hydrogens is 256 g/mol. The summed E-state index contributed by atoms with van der Waals surface area (Å²) in [5.41, 5.74) is 7.15. The Morgan fingerprint density at radius 2 is 2.15 bits per heavy atom. The van der Waals surface area contributed by atoms with Crippen molar-refractivity contribution < 1.29 is 9.53 Å². The van der Waals surface area contributed by atoms with E-state index in [0.717, 1.165) is 5.56 Å². The molecule has 0 amide bonds. The van der Waals surface area contributed by atoms with Crippen molar-refractivity contribution in [2.75, 3.05) is 5.73 Å². The van der Waals surface area contributed by atoms with Crippen molar-refractivity contribution in [2.24, 2.45) is 0 Å². The van der Waals surface area contributed by atoms with Gasteiger partial charge in [0.05, 0.1) is 6.42 Å². The Hall–Kier alpha value is -2.37. The van der Waals surface area contributed by atoms with Gasteiger partial charge in [-0.2, -0.15) is 5.10 Å². The Balaban J connectivity index is 1.93. The molecule has 0 atom stereocenters. The van der Waals surface area contributed by atoms with E-state index in [-0.39, 0.29) is 25.0 Å². The summed E-state index contributed by atoms with van der Waals surface area (Å²) >= 11 is 0. The molecule has 1 aromatic heterocycles. The normalized spacial score (nSPS) is 10.8. The van der Waals surface area contributed by atoms with Crippen molar-refractivity contribution in [2.45, 2.75) is 32.9 Å². The van der Waals surface area contributed by atoms with Gasteiger partial charge in [-0.1, -0.05) is 18.2 Å². The van der Waals surface area contributed by atoms with Gasteiger partial charge >= 0.3 is 5.97 Å². The fourth-order valence-corrected chi connectivity index (χ4v) is 1.86. The van der Waals surface area contributed by atoms with Gasteiger partial charge in [0.1, 0.15) is 6.33 Å². The molecular formula is C14H18N4O2. The molecule has 0 aliphatic carbocycles. The van der Waals surface area contributed by atoms with Crippen LogP contribution in [0, 0.1) is 0 Å². The zero-order chi connectivity index (χ0) is 14.5. The second-order valence-electron chi connectivity index (χ2n) is 4.75. The molecule has 0 saturated carbocycles. The van der Waals surface area contributed by atoms with Gasteiger partial charge in [-0.3, -0.25) is 4.79 Å². The van der Waals surface area contributed by atoms with Crippen LogP contribution >= 0.6 is 0 Å². The van der Waals surface area contributed by atoms with Crippen molar-refractivity contribution in [3.63, 3.8) is 0 Å². The van der Waals surface area contributed by atoms with Crippen LogP contribution in [0.25, 0.3) is 0 Å². The lowest BCUT2D eigenvalue weighted by atomic mass is 10.1. The van der Waals surface area contributed by atoms with E-state index in [9.17, 15) is 4.79 Å². The van der Waals surface area contributed by atoms with E-state index >= 15 is 0 Å². The molecule has 2 rings (SSSR count). The monoisotopic (exact) mass is 274 g/mol. The Kier molecular flexibility index (Phi) is 4.34. The molecule has 0 saturated heterocycles. The Morgan fingerprint density at radius 3 is 2.85 bits per heavy atom. The van der Waals surface area contributed by atoms with Crippen LogP contribution in [0.5, 0.6) is 0 Å². The van der Waals surface area contributed by atoms with E-state index in [1.54, 1.807) is 10.7 Å². The number of hydrogen-bond donors (Lipinski definition) is 1. The number of carbonyl (C=O) groups excluding carboxylic acids is 1. The number of nitrogens with two attached hydrogens (primary N) is 1. The van der Waals surface area contributed by atoms with E-state index in [0.29, 0.717) is 11.5 Å². The average Bonchev–Trinajstić information content (AvgIpc) is 2.88. The summed E-state index contributed by atoms with van der Waals surface area (Å²) in [6.45, 7) is 4.10. The third-order valence-corrected chi connectivity index (χ3v) is 2.89. The van der Waals surface area contributed by atoms with Crippen molar-refractivity contribution >= 4 is 11.7 Å². The van der Waals surface area contributed by atoms with Crippen LogP contribution in [0.15, 0.2) is 30.6 Å². The molecule has 0 aliphatic rings. The van der Waals surface area contributed by atoms with E-state index in [1.807, 2.05) is 32.0 Å². The van der Waals surface area contributed by atoms with Crippen molar-refractivity contribution in [3.8, 4) is 0 Å². The molecule has 6 heteroatoms. The second-order valence-corrected chi connectivity index (χ2v) is 4.75. The molecule has 0 radical (unpaired) electrons. The third-order valence-electron chi connectivity index (χ3n) is 2.89. The van der Waals surface area contributed by atoms with Gasteiger partial charge in [-0.05, 0) is 25.5 Å². The van der Waals surface area contributed by atoms with Gasteiger partial charge in [0, 0.05) is 11.7 Å². The molecule has 1 heterocycles. The first-order valence-corrected chi connectivity index (χ1v) is 6.45. The maximum absolute atomic E-state index is 11.8. The topological polar surface area (TPSA) is 83.0 Å². The Labute approximate surface area is 117 Å². The van der Waals surface area contributed by atoms with E-state index in [1.165, 1.54) is 6.33 Å². The van der Waals surface area contributed by atoms with E-state index < -0.39 is 0 Å². The number of carbonyl (C=O) groups is 1. The number of nitrogen functional groups attached to an aromatic ring is 1. The lowest BCUT2D eigenvalue weighted by molar-refractivity contribution is -0.144. The molecule has 0 unspecified atom stereocenters. The molecule has 6 nitrogen and oxygen atoms in total. The maximum atomic E-state index is 11.8. The summed E-state index contributed by atoms with van der Waals surface area (Å²) in [7, 11) is 0. The van der Waals surface area contributed by atoms with Gasteiger partial charge in [-0.25, -0.2) is 9.67 Å². The maximum Gasteiger partial charge on any atom is 0.310 e. The van der Waals surface area contributed by atoms with Crippen LogP contribution in [-0.4, -0.2) is 20.7 Å². The molecule has 2 N–H and O–H groups in total. The van der Waals surface area contributed by atoms with Gasteiger partial charge in [-0.15, -0.1) is 0 Å². The van der Waals surface area contributed by atoms with Gasteiger partial charge < -0.3 is 10.5 Å². The first-order chi connectivity index (χ1) is 9.58. The minimum absolute atomic E-state index is 0.115. The standard InChI is InChI=1S/C14H18N4O2/c1-10(2)18-13(16-9-17-18)8-20-14(19)7-11-5-3-4-6-12(11)15/h3-6,9-10H,7-8,15H2,1-2H3. The Morgan fingerprint density at radius 1 is 1.40 bits per heavy atom. The highest BCUT2D eigenvalue weighted by Crippen LogP contribution is 2.12. The summed E-state index contributed by atoms with van der Waals surface area (Å²) in [6.07, 6.45) is 1.61. The molecule has 106 valence electrons. The quantitative estimate of drug-likeness (QED) is 0.663. The number of esters is 1. The molecule has 0 aliphatic heterocycles. The van der Waals surface area contributed by atoms with Crippen molar-refractivity contribution in [1.82, 2.24) is 14.8 Å². The zero-order valence-corrected chi connectivity index (χ0v) is 11.6. The smallest absolute Gasteiger partial charge is 0.310 e. The van der Waals surface area contributed by atoms with Crippen LogP contribution in [0.2, 0.25) is 0 Å². The highest BCUT2D eigenvalue weighted by molar-refractivity contribution is 5.74. The van der Waals surface area contributed by atoms with Gasteiger partial charge in [0.2, 0.25) is 0 Å². The predicted molar refractivity (Wildman–Crippen MR) is 74.8 cm³/mol. The minimum atomic E-state index is -0.332. The number of ether oxygens (including phenoxy) is 1. The van der Waals surface area contributed by atoms with Crippen LogP contribution in [-0.2, 0) is 22.6 Å². The first-order valence-electron chi connectivity index (χ1n) is 6.45. The number of benzene rings is 1. The predicted octanol–water partition coefficient (Wildman–Crippen LogP) is 1.73. The highest BCUT2D eigenvalue weighted by Gasteiger charge is 2.12.